The molecule has 0 aromatic heterocycles. The molecule has 2 heteroatoms. The van der Waals surface area contributed by atoms with Crippen molar-refractivity contribution in [3.05, 3.63) is 29.8 Å². The highest BCUT2D eigenvalue weighted by Gasteiger charge is 1.93. The zero-order chi connectivity index (χ0) is 8.81. The summed E-state index contributed by atoms with van der Waals surface area (Å²) < 4.78 is 0. The molecule has 0 saturated heterocycles. The van der Waals surface area contributed by atoms with Crippen LogP contribution in [0.1, 0.15) is 12.0 Å². The fraction of sp³-hybridized carbons (Fsp3) is 0.400. The number of para-hydroxylation sites is 1. The Hall–Kier alpha value is -0.690. The molecule has 0 amide bonds. The minimum absolute atomic E-state index is 0.721. The summed E-state index contributed by atoms with van der Waals surface area (Å²) in [6.45, 7) is 3.05. The average Bonchev–Trinajstić information content (AvgIpc) is 2.09. The van der Waals surface area contributed by atoms with Gasteiger partial charge in [0.15, 0.2) is 0 Å². The van der Waals surface area contributed by atoms with Crippen LogP contribution in [0.3, 0.4) is 0 Å². The molecule has 0 unspecified atom stereocenters. The van der Waals surface area contributed by atoms with Gasteiger partial charge in [0.25, 0.3) is 0 Å². The van der Waals surface area contributed by atoms with Crippen LogP contribution in [0.25, 0.3) is 0 Å². The summed E-state index contributed by atoms with van der Waals surface area (Å²) in [5, 5.41) is 3.33. The van der Waals surface area contributed by atoms with Gasteiger partial charge < -0.3 is 5.32 Å². The van der Waals surface area contributed by atoms with E-state index in [-0.39, 0.29) is 0 Å². The molecule has 66 valence electrons. The van der Waals surface area contributed by atoms with E-state index in [0.29, 0.717) is 0 Å². The number of aryl methyl sites for hydroxylation is 1. The highest BCUT2D eigenvalue weighted by Crippen LogP contribution is 2.12. The van der Waals surface area contributed by atoms with E-state index < -0.39 is 0 Å². The molecule has 0 saturated carbocycles. The maximum Gasteiger partial charge on any atom is 0.0369 e. The standard InChI is InChI=1S/C10H14ClN/c1-9-5-2-3-6-10(9)12-8-4-7-11/h2-3,5-6,12H,4,7-8H2,1H3. The molecular formula is C10H14ClN. The first-order valence-corrected chi connectivity index (χ1v) is 4.73. The van der Waals surface area contributed by atoms with Gasteiger partial charge in [0, 0.05) is 18.1 Å². The van der Waals surface area contributed by atoms with Gasteiger partial charge in [0.05, 0.1) is 0 Å². The van der Waals surface area contributed by atoms with E-state index in [2.05, 4.69) is 24.4 Å². The molecule has 0 spiro atoms. The summed E-state index contributed by atoms with van der Waals surface area (Å²) >= 11 is 5.57. The Balaban J connectivity index is 2.46. The molecule has 0 aliphatic heterocycles. The highest BCUT2D eigenvalue weighted by molar-refractivity contribution is 6.17. The molecule has 0 bridgehead atoms. The van der Waals surface area contributed by atoms with Crippen LogP contribution in [0.2, 0.25) is 0 Å². The van der Waals surface area contributed by atoms with Gasteiger partial charge in [-0.2, -0.15) is 0 Å². The lowest BCUT2D eigenvalue weighted by molar-refractivity contribution is 0.985. The van der Waals surface area contributed by atoms with Crippen molar-refractivity contribution in [3.63, 3.8) is 0 Å². The topological polar surface area (TPSA) is 12.0 Å². The van der Waals surface area contributed by atoms with E-state index in [1.807, 2.05) is 12.1 Å². The van der Waals surface area contributed by atoms with Crippen LogP contribution < -0.4 is 5.32 Å². The fourth-order valence-electron chi connectivity index (χ4n) is 1.06. The molecule has 0 radical (unpaired) electrons. The second-order valence-corrected chi connectivity index (χ2v) is 3.16. The minimum atomic E-state index is 0.721. The van der Waals surface area contributed by atoms with Crippen LogP contribution >= 0.6 is 11.6 Å². The van der Waals surface area contributed by atoms with E-state index in [1.165, 1.54) is 11.3 Å². The van der Waals surface area contributed by atoms with Crippen LogP contribution in [0, 0.1) is 6.92 Å². The summed E-state index contributed by atoms with van der Waals surface area (Å²) in [6.07, 6.45) is 1.01. The van der Waals surface area contributed by atoms with Crippen molar-refractivity contribution in [2.24, 2.45) is 0 Å². The average molecular weight is 184 g/mol. The molecule has 1 aromatic carbocycles. The SMILES string of the molecule is Cc1ccccc1NCCCCl. The number of halogens is 1. The minimum Gasteiger partial charge on any atom is -0.385 e. The lowest BCUT2D eigenvalue weighted by Crippen LogP contribution is -2.02. The van der Waals surface area contributed by atoms with E-state index in [0.717, 1.165) is 18.8 Å². The molecule has 0 fully saturated rings. The molecule has 0 atom stereocenters. The molecule has 0 aliphatic rings. The Bertz CT molecular complexity index is 235. The summed E-state index contributed by atoms with van der Waals surface area (Å²) in [5.74, 6) is 0.721. The number of rotatable bonds is 4. The van der Waals surface area contributed by atoms with Gasteiger partial charge in [0.2, 0.25) is 0 Å². The molecule has 0 aliphatic carbocycles. The van der Waals surface area contributed by atoms with Crippen LogP contribution in [0.5, 0.6) is 0 Å². The third kappa shape index (κ3) is 2.74. The van der Waals surface area contributed by atoms with Crippen LogP contribution in [-0.4, -0.2) is 12.4 Å². The first-order valence-electron chi connectivity index (χ1n) is 4.20. The quantitative estimate of drug-likeness (QED) is 0.559. The lowest BCUT2D eigenvalue weighted by Gasteiger charge is -2.07. The Kier molecular flexibility index (Phi) is 3.95. The molecule has 12 heavy (non-hydrogen) atoms. The second kappa shape index (κ2) is 5.04. The lowest BCUT2D eigenvalue weighted by atomic mass is 10.2. The van der Waals surface area contributed by atoms with Crippen molar-refractivity contribution in [2.75, 3.05) is 17.7 Å². The Morgan fingerprint density at radius 3 is 2.75 bits per heavy atom. The highest BCUT2D eigenvalue weighted by atomic mass is 35.5. The van der Waals surface area contributed by atoms with E-state index in [9.17, 15) is 0 Å². The summed E-state index contributed by atoms with van der Waals surface area (Å²) in [6, 6.07) is 8.27. The van der Waals surface area contributed by atoms with Gasteiger partial charge in [0.1, 0.15) is 0 Å². The number of benzene rings is 1. The molecule has 0 heterocycles. The van der Waals surface area contributed by atoms with Crippen LogP contribution in [0.15, 0.2) is 24.3 Å². The summed E-state index contributed by atoms with van der Waals surface area (Å²) in [7, 11) is 0. The predicted molar refractivity (Wildman–Crippen MR) is 55.0 cm³/mol. The number of alkyl halides is 1. The van der Waals surface area contributed by atoms with Crippen molar-refractivity contribution in [1.29, 1.82) is 0 Å². The maximum atomic E-state index is 5.57. The Labute approximate surface area is 78.7 Å². The fourth-order valence-corrected chi connectivity index (χ4v) is 1.19. The largest absolute Gasteiger partial charge is 0.385 e. The smallest absolute Gasteiger partial charge is 0.0369 e. The van der Waals surface area contributed by atoms with E-state index >= 15 is 0 Å². The number of hydrogen-bond acceptors (Lipinski definition) is 1. The first-order chi connectivity index (χ1) is 5.84. The molecular weight excluding hydrogens is 170 g/mol. The van der Waals surface area contributed by atoms with Crippen molar-refractivity contribution in [2.45, 2.75) is 13.3 Å². The van der Waals surface area contributed by atoms with Gasteiger partial charge in [-0.3, -0.25) is 0 Å². The zero-order valence-corrected chi connectivity index (χ0v) is 8.06. The predicted octanol–water partition coefficient (Wildman–Crippen LogP) is 3.04. The van der Waals surface area contributed by atoms with Crippen molar-refractivity contribution in [1.82, 2.24) is 0 Å². The maximum absolute atomic E-state index is 5.57. The monoisotopic (exact) mass is 183 g/mol. The number of nitrogens with one attached hydrogen (secondary N) is 1. The molecule has 1 aromatic rings. The third-order valence-corrected chi connectivity index (χ3v) is 2.04. The normalized spacial score (nSPS) is 9.83. The zero-order valence-electron chi connectivity index (χ0n) is 7.31. The number of hydrogen-bond donors (Lipinski definition) is 1. The van der Waals surface area contributed by atoms with Gasteiger partial charge in [-0.15, -0.1) is 11.6 Å². The number of anilines is 1. The van der Waals surface area contributed by atoms with E-state index in [1.54, 1.807) is 0 Å². The van der Waals surface area contributed by atoms with Crippen molar-refractivity contribution < 1.29 is 0 Å². The Morgan fingerprint density at radius 2 is 2.08 bits per heavy atom. The molecule has 1 rings (SSSR count). The molecule has 1 N–H and O–H groups in total. The van der Waals surface area contributed by atoms with Crippen LogP contribution in [-0.2, 0) is 0 Å². The Morgan fingerprint density at radius 1 is 1.33 bits per heavy atom. The van der Waals surface area contributed by atoms with Crippen molar-refractivity contribution >= 4 is 17.3 Å². The van der Waals surface area contributed by atoms with Crippen molar-refractivity contribution in [3.8, 4) is 0 Å². The van der Waals surface area contributed by atoms with Gasteiger partial charge >= 0.3 is 0 Å². The first kappa shape index (κ1) is 9.40. The molecule has 1 nitrogen and oxygen atoms in total. The van der Waals surface area contributed by atoms with Gasteiger partial charge in [-0.05, 0) is 25.0 Å². The van der Waals surface area contributed by atoms with Gasteiger partial charge in [-0.25, -0.2) is 0 Å². The van der Waals surface area contributed by atoms with Crippen LogP contribution in [0.4, 0.5) is 5.69 Å². The second-order valence-electron chi connectivity index (χ2n) is 2.78. The van der Waals surface area contributed by atoms with Gasteiger partial charge in [-0.1, -0.05) is 18.2 Å². The summed E-state index contributed by atoms with van der Waals surface area (Å²) in [4.78, 5) is 0. The van der Waals surface area contributed by atoms with E-state index in [4.69, 9.17) is 11.6 Å². The third-order valence-electron chi connectivity index (χ3n) is 1.77. The summed E-state index contributed by atoms with van der Waals surface area (Å²) in [5.41, 5.74) is 2.50.